The zero-order valence-electron chi connectivity index (χ0n) is 8.99. The average molecular weight is 214 g/mol. The SMILES string of the molecule is CCOC(C)(C)C(N)Cc1cncs1. The van der Waals surface area contributed by atoms with Gasteiger partial charge in [0, 0.05) is 30.1 Å². The van der Waals surface area contributed by atoms with Gasteiger partial charge < -0.3 is 10.5 Å². The van der Waals surface area contributed by atoms with Crippen LogP contribution in [0, 0.1) is 0 Å². The first-order valence-electron chi connectivity index (χ1n) is 4.83. The summed E-state index contributed by atoms with van der Waals surface area (Å²) >= 11 is 1.64. The Hall–Kier alpha value is -0.450. The molecule has 0 aliphatic rings. The lowest BCUT2D eigenvalue weighted by Gasteiger charge is -2.31. The highest BCUT2D eigenvalue weighted by molar-refractivity contribution is 7.09. The maximum absolute atomic E-state index is 6.08. The van der Waals surface area contributed by atoms with Crippen molar-refractivity contribution in [1.29, 1.82) is 0 Å². The van der Waals surface area contributed by atoms with Gasteiger partial charge >= 0.3 is 0 Å². The Balaban J connectivity index is 2.52. The van der Waals surface area contributed by atoms with Crippen molar-refractivity contribution in [3.05, 3.63) is 16.6 Å². The summed E-state index contributed by atoms with van der Waals surface area (Å²) in [5, 5.41) is 0. The summed E-state index contributed by atoms with van der Waals surface area (Å²) in [6, 6.07) is 0.0166. The maximum Gasteiger partial charge on any atom is 0.0794 e. The molecule has 1 heterocycles. The van der Waals surface area contributed by atoms with Gasteiger partial charge in [0.25, 0.3) is 0 Å². The predicted octanol–water partition coefficient (Wildman–Crippen LogP) is 1.83. The van der Waals surface area contributed by atoms with E-state index in [1.54, 1.807) is 11.3 Å². The lowest BCUT2D eigenvalue weighted by molar-refractivity contribution is -0.0286. The van der Waals surface area contributed by atoms with Gasteiger partial charge in [-0.2, -0.15) is 0 Å². The normalized spacial score (nSPS) is 14.3. The minimum Gasteiger partial charge on any atom is -0.374 e. The molecule has 80 valence electrons. The van der Waals surface area contributed by atoms with Crippen LogP contribution in [0.5, 0.6) is 0 Å². The van der Waals surface area contributed by atoms with E-state index in [1.165, 1.54) is 4.88 Å². The molecule has 0 aliphatic heterocycles. The van der Waals surface area contributed by atoms with Crippen molar-refractivity contribution in [3.8, 4) is 0 Å². The molecule has 0 aliphatic carbocycles. The summed E-state index contributed by atoms with van der Waals surface area (Å²) in [5.41, 5.74) is 7.65. The Bertz CT molecular complexity index is 259. The minimum absolute atomic E-state index is 0.0166. The fourth-order valence-electron chi connectivity index (χ4n) is 1.28. The molecule has 1 rings (SSSR count). The number of nitrogens with two attached hydrogens (primary N) is 1. The Labute approximate surface area is 89.3 Å². The molecule has 1 unspecified atom stereocenters. The molecule has 0 aromatic carbocycles. The third kappa shape index (κ3) is 3.04. The average Bonchev–Trinajstić information content (AvgIpc) is 2.56. The van der Waals surface area contributed by atoms with Gasteiger partial charge in [0.05, 0.1) is 11.1 Å². The Morgan fingerprint density at radius 1 is 1.64 bits per heavy atom. The molecule has 0 bridgehead atoms. The van der Waals surface area contributed by atoms with E-state index in [9.17, 15) is 0 Å². The second-order valence-corrected chi connectivity index (χ2v) is 4.79. The van der Waals surface area contributed by atoms with Gasteiger partial charge in [0.15, 0.2) is 0 Å². The smallest absolute Gasteiger partial charge is 0.0794 e. The first-order chi connectivity index (χ1) is 6.56. The molecule has 0 amide bonds. The van der Waals surface area contributed by atoms with Crippen molar-refractivity contribution in [3.63, 3.8) is 0 Å². The molecule has 1 atom stereocenters. The number of rotatable bonds is 5. The van der Waals surface area contributed by atoms with Crippen molar-refractivity contribution in [2.24, 2.45) is 5.73 Å². The first kappa shape index (κ1) is 11.6. The van der Waals surface area contributed by atoms with Crippen molar-refractivity contribution in [2.45, 2.75) is 38.8 Å². The fraction of sp³-hybridized carbons (Fsp3) is 0.700. The van der Waals surface area contributed by atoms with Crippen LogP contribution in [0.3, 0.4) is 0 Å². The molecular weight excluding hydrogens is 196 g/mol. The van der Waals surface area contributed by atoms with Crippen molar-refractivity contribution in [1.82, 2.24) is 4.98 Å². The second-order valence-electron chi connectivity index (χ2n) is 3.81. The van der Waals surface area contributed by atoms with E-state index in [0.29, 0.717) is 6.61 Å². The zero-order valence-corrected chi connectivity index (χ0v) is 9.80. The minimum atomic E-state index is -0.265. The van der Waals surface area contributed by atoms with E-state index in [0.717, 1.165) is 6.42 Å². The second kappa shape index (κ2) is 4.87. The summed E-state index contributed by atoms with van der Waals surface area (Å²) in [6.07, 6.45) is 2.70. The van der Waals surface area contributed by atoms with Crippen LogP contribution in [0.15, 0.2) is 11.7 Å². The molecule has 3 nitrogen and oxygen atoms in total. The van der Waals surface area contributed by atoms with E-state index >= 15 is 0 Å². The van der Waals surface area contributed by atoms with Crippen LogP contribution < -0.4 is 5.73 Å². The lowest BCUT2D eigenvalue weighted by Crippen LogP contribution is -2.46. The predicted molar refractivity (Wildman–Crippen MR) is 59.5 cm³/mol. The number of hydrogen-bond acceptors (Lipinski definition) is 4. The molecule has 1 aromatic rings. The fourth-order valence-corrected chi connectivity index (χ4v) is 1.94. The summed E-state index contributed by atoms with van der Waals surface area (Å²) in [7, 11) is 0. The van der Waals surface area contributed by atoms with Gasteiger partial charge in [-0.3, -0.25) is 4.98 Å². The van der Waals surface area contributed by atoms with Gasteiger partial charge in [-0.15, -0.1) is 11.3 Å². The lowest BCUT2D eigenvalue weighted by atomic mass is 9.96. The van der Waals surface area contributed by atoms with Crippen molar-refractivity contribution < 1.29 is 4.74 Å². The molecule has 2 N–H and O–H groups in total. The Morgan fingerprint density at radius 3 is 2.86 bits per heavy atom. The third-order valence-electron chi connectivity index (χ3n) is 2.31. The summed E-state index contributed by atoms with van der Waals surface area (Å²) in [5.74, 6) is 0. The van der Waals surface area contributed by atoms with E-state index < -0.39 is 0 Å². The van der Waals surface area contributed by atoms with Crippen LogP contribution in [0.2, 0.25) is 0 Å². The monoisotopic (exact) mass is 214 g/mol. The molecule has 0 fully saturated rings. The first-order valence-corrected chi connectivity index (χ1v) is 5.71. The highest BCUT2D eigenvalue weighted by Gasteiger charge is 2.27. The standard InChI is InChI=1S/C10H18N2OS/c1-4-13-10(2,3)9(11)5-8-6-12-7-14-8/h6-7,9H,4-5,11H2,1-3H3. The van der Waals surface area contributed by atoms with Crippen LogP contribution in [0.25, 0.3) is 0 Å². The van der Waals surface area contributed by atoms with E-state index in [1.807, 2.05) is 32.5 Å². The molecule has 0 saturated carbocycles. The Morgan fingerprint density at radius 2 is 2.36 bits per heavy atom. The van der Waals surface area contributed by atoms with E-state index in [-0.39, 0.29) is 11.6 Å². The van der Waals surface area contributed by atoms with Crippen LogP contribution in [-0.2, 0) is 11.2 Å². The number of thiazole rings is 1. The van der Waals surface area contributed by atoms with E-state index in [2.05, 4.69) is 4.98 Å². The van der Waals surface area contributed by atoms with Gasteiger partial charge in [-0.05, 0) is 20.8 Å². The zero-order chi connectivity index (χ0) is 10.6. The highest BCUT2D eigenvalue weighted by atomic mass is 32.1. The van der Waals surface area contributed by atoms with Crippen LogP contribution in [0.4, 0.5) is 0 Å². The largest absolute Gasteiger partial charge is 0.374 e. The van der Waals surface area contributed by atoms with E-state index in [4.69, 9.17) is 10.5 Å². The van der Waals surface area contributed by atoms with Gasteiger partial charge in [-0.1, -0.05) is 0 Å². The molecule has 0 saturated heterocycles. The van der Waals surface area contributed by atoms with Gasteiger partial charge in [0.2, 0.25) is 0 Å². The number of aromatic nitrogens is 1. The number of hydrogen-bond donors (Lipinski definition) is 1. The number of nitrogens with zero attached hydrogens (tertiary/aromatic N) is 1. The van der Waals surface area contributed by atoms with Crippen LogP contribution in [0.1, 0.15) is 25.6 Å². The molecule has 14 heavy (non-hydrogen) atoms. The van der Waals surface area contributed by atoms with Gasteiger partial charge in [0.1, 0.15) is 0 Å². The van der Waals surface area contributed by atoms with Gasteiger partial charge in [-0.25, -0.2) is 0 Å². The maximum atomic E-state index is 6.08. The molecule has 4 heteroatoms. The quantitative estimate of drug-likeness (QED) is 0.813. The molecular formula is C10H18N2OS. The van der Waals surface area contributed by atoms with Crippen molar-refractivity contribution in [2.75, 3.05) is 6.61 Å². The summed E-state index contributed by atoms with van der Waals surface area (Å²) in [6.45, 7) is 6.75. The van der Waals surface area contributed by atoms with Crippen molar-refractivity contribution >= 4 is 11.3 Å². The van der Waals surface area contributed by atoms with Crippen LogP contribution >= 0.6 is 11.3 Å². The van der Waals surface area contributed by atoms with Crippen LogP contribution in [-0.4, -0.2) is 23.2 Å². The highest BCUT2D eigenvalue weighted by Crippen LogP contribution is 2.18. The number of ether oxygens (including phenoxy) is 1. The Kier molecular flexibility index (Phi) is 4.04. The topological polar surface area (TPSA) is 48.1 Å². The molecule has 0 radical (unpaired) electrons. The molecule has 1 aromatic heterocycles. The summed E-state index contributed by atoms with van der Waals surface area (Å²) in [4.78, 5) is 5.24. The summed E-state index contributed by atoms with van der Waals surface area (Å²) < 4.78 is 5.60. The molecule has 0 spiro atoms. The third-order valence-corrected chi connectivity index (χ3v) is 3.12.